The molecule has 0 aliphatic heterocycles. The zero-order valence-electron chi connectivity index (χ0n) is 9.52. The number of hydrogen-bond acceptors (Lipinski definition) is 3. The number of benzene rings is 1. The molecule has 1 aromatic heterocycles. The SMILES string of the molecule is CC(N)c1cccc(OCc2ccc(Cl)s2)c1. The predicted molar refractivity (Wildman–Crippen MR) is 72.7 cm³/mol. The van der Waals surface area contributed by atoms with Crippen molar-refractivity contribution in [1.29, 1.82) is 0 Å². The smallest absolute Gasteiger partial charge is 0.122 e. The number of halogens is 1. The Morgan fingerprint density at radius 3 is 2.82 bits per heavy atom. The molecule has 0 saturated heterocycles. The van der Waals surface area contributed by atoms with Crippen molar-refractivity contribution in [3.63, 3.8) is 0 Å². The summed E-state index contributed by atoms with van der Waals surface area (Å²) in [4.78, 5) is 1.11. The molecule has 17 heavy (non-hydrogen) atoms. The Labute approximate surface area is 110 Å². The van der Waals surface area contributed by atoms with E-state index in [-0.39, 0.29) is 6.04 Å². The molecule has 2 nitrogen and oxygen atoms in total. The lowest BCUT2D eigenvalue weighted by Gasteiger charge is -2.09. The largest absolute Gasteiger partial charge is 0.488 e. The minimum Gasteiger partial charge on any atom is -0.488 e. The predicted octanol–water partition coefficient (Wildman–Crippen LogP) is 4.00. The lowest BCUT2D eigenvalue weighted by Crippen LogP contribution is -2.05. The van der Waals surface area contributed by atoms with E-state index in [1.165, 1.54) is 11.3 Å². The molecule has 0 saturated carbocycles. The van der Waals surface area contributed by atoms with Gasteiger partial charge in [0.2, 0.25) is 0 Å². The van der Waals surface area contributed by atoms with Gasteiger partial charge in [-0.2, -0.15) is 0 Å². The minimum absolute atomic E-state index is 0.0229. The fourth-order valence-corrected chi connectivity index (χ4v) is 2.47. The molecule has 0 aliphatic carbocycles. The van der Waals surface area contributed by atoms with E-state index in [4.69, 9.17) is 22.1 Å². The lowest BCUT2D eigenvalue weighted by atomic mass is 10.1. The highest BCUT2D eigenvalue weighted by atomic mass is 35.5. The monoisotopic (exact) mass is 267 g/mol. The van der Waals surface area contributed by atoms with Crippen molar-refractivity contribution < 1.29 is 4.74 Å². The van der Waals surface area contributed by atoms with Crippen LogP contribution in [0.3, 0.4) is 0 Å². The molecule has 2 N–H and O–H groups in total. The van der Waals surface area contributed by atoms with Crippen LogP contribution in [0.1, 0.15) is 23.4 Å². The van der Waals surface area contributed by atoms with Crippen LogP contribution >= 0.6 is 22.9 Å². The van der Waals surface area contributed by atoms with Crippen LogP contribution < -0.4 is 10.5 Å². The van der Waals surface area contributed by atoms with Gasteiger partial charge in [-0.25, -0.2) is 0 Å². The number of ether oxygens (including phenoxy) is 1. The molecule has 0 amide bonds. The molecule has 0 fully saturated rings. The van der Waals surface area contributed by atoms with Crippen LogP contribution in [0.5, 0.6) is 5.75 Å². The van der Waals surface area contributed by atoms with Crippen molar-refractivity contribution in [3.8, 4) is 5.75 Å². The average molecular weight is 268 g/mol. The first-order valence-corrected chi connectivity index (χ1v) is 6.57. The van der Waals surface area contributed by atoms with Gasteiger partial charge in [0.05, 0.1) is 4.34 Å². The molecule has 1 aromatic carbocycles. The summed E-state index contributed by atoms with van der Waals surface area (Å²) < 4.78 is 6.48. The van der Waals surface area contributed by atoms with Crippen LogP contribution in [0.2, 0.25) is 4.34 Å². The number of hydrogen-bond donors (Lipinski definition) is 1. The van der Waals surface area contributed by atoms with Gasteiger partial charge in [0.15, 0.2) is 0 Å². The van der Waals surface area contributed by atoms with E-state index < -0.39 is 0 Å². The van der Waals surface area contributed by atoms with E-state index >= 15 is 0 Å². The minimum atomic E-state index is 0.0229. The van der Waals surface area contributed by atoms with Gasteiger partial charge < -0.3 is 10.5 Å². The Morgan fingerprint density at radius 1 is 1.35 bits per heavy atom. The molecule has 0 radical (unpaired) electrons. The Bertz CT molecular complexity index is 496. The molecule has 2 rings (SSSR count). The molecule has 0 bridgehead atoms. The van der Waals surface area contributed by atoms with Crippen molar-refractivity contribution in [2.24, 2.45) is 5.73 Å². The summed E-state index contributed by atoms with van der Waals surface area (Å²) in [5, 5.41) is 0. The van der Waals surface area contributed by atoms with Crippen LogP contribution in [0.25, 0.3) is 0 Å². The molecular weight excluding hydrogens is 254 g/mol. The summed E-state index contributed by atoms with van der Waals surface area (Å²) >= 11 is 7.39. The Balaban J connectivity index is 2.01. The second-order valence-electron chi connectivity index (χ2n) is 3.86. The van der Waals surface area contributed by atoms with E-state index in [9.17, 15) is 0 Å². The quantitative estimate of drug-likeness (QED) is 0.909. The molecule has 1 unspecified atom stereocenters. The van der Waals surface area contributed by atoms with Crippen LogP contribution in [0.4, 0.5) is 0 Å². The first-order valence-electron chi connectivity index (χ1n) is 5.37. The van der Waals surface area contributed by atoms with E-state index in [1.54, 1.807) is 0 Å². The van der Waals surface area contributed by atoms with Gasteiger partial charge in [-0.1, -0.05) is 23.7 Å². The van der Waals surface area contributed by atoms with E-state index in [0.717, 1.165) is 20.5 Å². The van der Waals surface area contributed by atoms with Crippen molar-refractivity contribution in [1.82, 2.24) is 0 Å². The van der Waals surface area contributed by atoms with Crippen molar-refractivity contribution in [2.45, 2.75) is 19.6 Å². The van der Waals surface area contributed by atoms with E-state index in [2.05, 4.69) is 0 Å². The fourth-order valence-electron chi connectivity index (χ4n) is 1.47. The van der Waals surface area contributed by atoms with Crippen molar-refractivity contribution in [3.05, 3.63) is 51.2 Å². The Morgan fingerprint density at radius 2 is 2.18 bits per heavy atom. The van der Waals surface area contributed by atoms with Gasteiger partial charge in [0, 0.05) is 10.9 Å². The first-order chi connectivity index (χ1) is 8.15. The number of rotatable bonds is 4. The third-order valence-corrected chi connectivity index (χ3v) is 3.60. The van der Waals surface area contributed by atoms with Gasteiger partial charge in [0.25, 0.3) is 0 Å². The molecule has 90 valence electrons. The molecular formula is C13H14ClNOS. The third kappa shape index (κ3) is 3.46. The Hall–Kier alpha value is -1.03. The standard InChI is InChI=1S/C13H14ClNOS/c1-9(15)10-3-2-4-11(7-10)16-8-12-5-6-13(14)17-12/h2-7,9H,8,15H2,1H3. The average Bonchev–Trinajstić information content (AvgIpc) is 2.73. The van der Waals surface area contributed by atoms with Crippen LogP contribution in [0.15, 0.2) is 36.4 Å². The van der Waals surface area contributed by atoms with E-state index in [0.29, 0.717) is 6.61 Å². The second-order valence-corrected chi connectivity index (χ2v) is 5.66. The number of nitrogens with two attached hydrogens (primary N) is 1. The van der Waals surface area contributed by atoms with Crippen molar-refractivity contribution in [2.75, 3.05) is 0 Å². The highest BCUT2D eigenvalue weighted by molar-refractivity contribution is 7.16. The van der Waals surface area contributed by atoms with Gasteiger partial charge in [-0.15, -0.1) is 11.3 Å². The van der Waals surface area contributed by atoms with Gasteiger partial charge in [-0.3, -0.25) is 0 Å². The summed E-state index contributed by atoms with van der Waals surface area (Å²) in [5.41, 5.74) is 6.90. The summed E-state index contributed by atoms with van der Waals surface area (Å²) in [6.07, 6.45) is 0. The third-order valence-electron chi connectivity index (χ3n) is 2.39. The summed E-state index contributed by atoms with van der Waals surface area (Å²) in [6, 6.07) is 11.7. The zero-order valence-corrected chi connectivity index (χ0v) is 11.1. The molecule has 1 atom stereocenters. The fraction of sp³-hybridized carbons (Fsp3) is 0.231. The highest BCUT2D eigenvalue weighted by Gasteiger charge is 2.03. The highest BCUT2D eigenvalue weighted by Crippen LogP contribution is 2.24. The molecule has 1 heterocycles. The topological polar surface area (TPSA) is 35.2 Å². The second kappa shape index (κ2) is 5.54. The van der Waals surface area contributed by atoms with Gasteiger partial charge in [-0.05, 0) is 36.8 Å². The Kier molecular flexibility index (Phi) is 4.05. The summed E-state index contributed by atoms with van der Waals surface area (Å²) in [7, 11) is 0. The van der Waals surface area contributed by atoms with Gasteiger partial charge >= 0.3 is 0 Å². The molecule has 0 spiro atoms. The zero-order chi connectivity index (χ0) is 12.3. The van der Waals surface area contributed by atoms with E-state index in [1.807, 2.05) is 43.3 Å². The van der Waals surface area contributed by atoms with Crippen LogP contribution in [0, 0.1) is 0 Å². The lowest BCUT2D eigenvalue weighted by molar-refractivity contribution is 0.309. The maximum Gasteiger partial charge on any atom is 0.122 e. The summed E-state index contributed by atoms with van der Waals surface area (Å²) in [6.45, 7) is 2.50. The van der Waals surface area contributed by atoms with Crippen molar-refractivity contribution >= 4 is 22.9 Å². The molecule has 0 aliphatic rings. The maximum atomic E-state index is 5.86. The first kappa shape index (κ1) is 12.4. The van der Waals surface area contributed by atoms with Crippen LogP contribution in [-0.2, 0) is 6.61 Å². The molecule has 2 aromatic rings. The number of thiophene rings is 1. The summed E-state index contributed by atoms with van der Waals surface area (Å²) in [5.74, 6) is 0.837. The van der Waals surface area contributed by atoms with Crippen LogP contribution in [-0.4, -0.2) is 0 Å². The maximum absolute atomic E-state index is 5.86. The molecule has 4 heteroatoms. The normalized spacial score (nSPS) is 12.4. The van der Waals surface area contributed by atoms with Gasteiger partial charge in [0.1, 0.15) is 12.4 Å².